The number of anilines is 1. The van der Waals surface area contributed by atoms with Gasteiger partial charge in [0.2, 0.25) is 5.43 Å². The molecule has 1 amide bonds. The molecular formula is C25H20ClNO4. The van der Waals surface area contributed by atoms with E-state index in [1.54, 1.807) is 49.4 Å². The quantitative estimate of drug-likeness (QED) is 0.435. The molecule has 31 heavy (non-hydrogen) atoms. The number of aryl methyl sites for hydroxylation is 2. The average Bonchev–Trinajstić information content (AvgIpc) is 2.75. The molecule has 0 unspecified atom stereocenters. The molecule has 1 aromatic heterocycles. The first-order valence-electron chi connectivity index (χ1n) is 9.73. The van der Waals surface area contributed by atoms with Crippen LogP contribution in [0.3, 0.4) is 0 Å². The van der Waals surface area contributed by atoms with Gasteiger partial charge >= 0.3 is 0 Å². The molecule has 0 spiro atoms. The molecule has 4 aromatic rings. The van der Waals surface area contributed by atoms with Crippen LogP contribution in [0.1, 0.15) is 11.3 Å². The fraction of sp³-hybridized carbons (Fsp3) is 0.120. The lowest BCUT2D eigenvalue weighted by Crippen LogP contribution is -2.20. The predicted octanol–water partition coefficient (Wildman–Crippen LogP) is 5.75. The van der Waals surface area contributed by atoms with Crippen molar-refractivity contribution in [1.82, 2.24) is 0 Å². The summed E-state index contributed by atoms with van der Waals surface area (Å²) in [4.78, 5) is 25.2. The number of benzene rings is 3. The molecule has 0 saturated heterocycles. The molecule has 4 rings (SSSR count). The highest BCUT2D eigenvalue weighted by Gasteiger charge is 2.14. The van der Waals surface area contributed by atoms with Gasteiger partial charge in [-0.1, -0.05) is 41.4 Å². The van der Waals surface area contributed by atoms with E-state index in [1.807, 2.05) is 31.2 Å². The van der Waals surface area contributed by atoms with E-state index in [9.17, 15) is 9.59 Å². The molecular weight excluding hydrogens is 414 g/mol. The number of ether oxygens (including phenoxy) is 1. The van der Waals surface area contributed by atoms with Gasteiger partial charge in [0.05, 0.1) is 10.9 Å². The maximum atomic E-state index is 13.0. The summed E-state index contributed by atoms with van der Waals surface area (Å²) >= 11 is 5.95. The van der Waals surface area contributed by atoms with Crippen LogP contribution in [0.5, 0.6) is 5.75 Å². The Bertz CT molecular complexity index is 1310. The Hall–Kier alpha value is -3.57. The zero-order valence-electron chi connectivity index (χ0n) is 17.1. The number of carbonyl (C=O) groups is 1. The predicted molar refractivity (Wildman–Crippen MR) is 123 cm³/mol. The van der Waals surface area contributed by atoms with Gasteiger partial charge in [0, 0.05) is 16.8 Å². The summed E-state index contributed by atoms with van der Waals surface area (Å²) in [5, 5.41) is 3.81. The van der Waals surface area contributed by atoms with Gasteiger partial charge in [-0.15, -0.1) is 0 Å². The average molecular weight is 434 g/mol. The van der Waals surface area contributed by atoms with Gasteiger partial charge in [0.15, 0.2) is 6.61 Å². The van der Waals surface area contributed by atoms with Crippen molar-refractivity contribution in [2.75, 3.05) is 11.9 Å². The van der Waals surface area contributed by atoms with E-state index < -0.39 is 0 Å². The third-order valence-corrected chi connectivity index (χ3v) is 5.13. The topological polar surface area (TPSA) is 68.5 Å². The Morgan fingerprint density at radius 2 is 1.71 bits per heavy atom. The van der Waals surface area contributed by atoms with Crippen molar-refractivity contribution in [2.24, 2.45) is 0 Å². The van der Waals surface area contributed by atoms with Crippen molar-refractivity contribution in [3.05, 3.63) is 93.3 Å². The molecule has 0 atom stereocenters. The maximum absolute atomic E-state index is 13.0. The summed E-state index contributed by atoms with van der Waals surface area (Å²) in [5.41, 5.74) is 3.32. The summed E-state index contributed by atoms with van der Waals surface area (Å²) in [5.74, 6) is 0.655. The summed E-state index contributed by atoms with van der Waals surface area (Å²) in [6.07, 6.45) is 0. The highest BCUT2D eigenvalue weighted by atomic mass is 35.5. The van der Waals surface area contributed by atoms with Crippen LogP contribution in [0, 0.1) is 13.8 Å². The second-order valence-corrected chi connectivity index (χ2v) is 7.67. The highest BCUT2D eigenvalue weighted by molar-refractivity contribution is 6.30. The summed E-state index contributed by atoms with van der Waals surface area (Å²) < 4.78 is 11.5. The molecule has 0 aliphatic carbocycles. The number of nitrogens with one attached hydrogen (secondary N) is 1. The van der Waals surface area contributed by atoms with Crippen molar-refractivity contribution >= 4 is 34.2 Å². The van der Waals surface area contributed by atoms with E-state index in [4.69, 9.17) is 20.8 Å². The van der Waals surface area contributed by atoms with Crippen LogP contribution in [0.15, 0.2) is 75.9 Å². The van der Waals surface area contributed by atoms with Crippen LogP contribution in [0.4, 0.5) is 5.69 Å². The van der Waals surface area contributed by atoms with E-state index in [2.05, 4.69) is 5.32 Å². The van der Waals surface area contributed by atoms with Crippen molar-refractivity contribution in [3.63, 3.8) is 0 Å². The molecule has 0 bridgehead atoms. The Kier molecular flexibility index (Phi) is 5.78. The SMILES string of the molecule is Cc1ccc(NC(=O)COc2ccc3c(=O)c(-c4ccc(Cl)cc4)c(C)oc3c2)cc1. The van der Waals surface area contributed by atoms with Gasteiger partial charge < -0.3 is 14.5 Å². The Morgan fingerprint density at radius 1 is 1.00 bits per heavy atom. The first-order chi connectivity index (χ1) is 14.9. The van der Waals surface area contributed by atoms with Crippen LogP contribution in [-0.2, 0) is 4.79 Å². The smallest absolute Gasteiger partial charge is 0.262 e. The maximum Gasteiger partial charge on any atom is 0.262 e. The Balaban J connectivity index is 1.53. The largest absolute Gasteiger partial charge is 0.484 e. The van der Waals surface area contributed by atoms with Crippen LogP contribution < -0.4 is 15.5 Å². The molecule has 0 aliphatic heterocycles. The third kappa shape index (κ3) is 4.62. The van der Waals surface area contributed by atoms with Gasteiger partial charge in [-0.3, -0.25) is 9.59 Å². The molecule has 0 fully saturated rings. The molecule has 1 N–H and O–H groups in total. The number of amides is 1. The van der Waals surface area contributed by atoms with E-state index >= 15 is 0 Å². The van der Waals surface area contributed by atoms with Crippen LogP contribution in [0.2, 0.25) is 5.02 Å². The molecule has 6 heteroatoms. The lowest BCUT2D eigenvalue weighted by Gasteiger charge is -2.10. The highest BCUT2D eigenvalue weighted by Crippen LogP contribution is 2.27. The van der Waals surface area contributed by atoms with E-state index in [0.717, 1.165) is 11.1 Å². The standard InChI is InChI=1S/C25H20ClNO4/c1-15-3-9-19(10-4-15)27-23(28)14-30-20-11-12-21-22(13-20)31-16(2)24(25(21)29)17-5-7-18(26)8-6-17/h3-13H,14H2,1-2H3,(H,27,28). The van der Waals surface area contributed by atoms with Gasteiger partial charge in [-0.05, 0) is 55.8 Å². The van der Waals surface area contributed by atoms with E-state index in [1.165, 1.54) is 0 Å². The lowest BCUT2D eigenvalue weighted by atomic mass is 10.0. The van der Waals surface area contributed by atoms with Crippen molar-refractivity contribution in [1.29, 1.82) is 0 Å². The minimum atomic E-state index is -0.278. The van der Waals surface area contributed by atoms with Crippen molar-refractivity contribution in [2.45, 2.75) is 13.8 Å². The van der Waals surface area contributed by atoms with Gasteiger partial charge in [0.1, 0.15) is 17.1 Å². The number of carbonyl (C=O) groups excluding carboxylic acids is 1. The minimum Gasteiger partial charge on any atom is -0.484 e. The Morgan fingerprint density at radius 3 is 2.42 bits per heavy atom. The molecule has 3 aromatic carbocycles. The zero-order chi connectivity index (χ0) is 22.0. The van der Waals surface area contributed by atoms with Gasteiger partial charge in [-0.25, -0.2) is 0 Å². The van der Waals surface area contributed by atoms with E-state index in [0.29, 0.717) is 38.8 Å². The summed E-state index contributed by atoms with van der Waals surface area (Å²) in [7, 11) is 0. The monoisotopic (exact) mass is 433 g/mol. The molecule has 0 radical (unpaired) electrons. The van der Waals surface area contributed by atoms with Crippen LogP contribution >= 0.6 is 11.6 Å². The molecule has 156 valence electrons. The zero-order valence-corrected chi connectivity index (χ0v) is 17.8. The fourth-order valence-corrected chi connectivity index (χ4v) is 3.43. The van der Waals surface area contributed by atoms with Gasteiger partial charge in [0.25, 0.3) is 5.91 Å². The first-order valence-corrected chi connectivity index (χ1v) is 10.1. The van der Waals surface area contributed by atoms with Crippen molar-refractivity contribution in [3.8, 4) is 16.9 Å². The summed E-state index contributed by atoms with van der Waals surface area (Å²) in [6, 6.07) is 19.5. The second kappa shape index (κ2) is 8.66. The lowest BCUT2D eigenvalue weighted by molar-refractivity contribution is -0.118. The number of rotatable bonds is 5. The number of fused-ring (bicyclic) bond motifs is 1. The second-order valence-electron chi connectivity index (χ2n) is 7.23. The minimum absolute atomic E-state index is 0.135. The third-order valence-electron chi connectivity index (χ3n) is 4.88. The first kappa shape index (κ1) is 20.7. The number of hydrogen-bond donors (Lipinski definition) is 1. The Labute approximate surface area is 184 Å². The number of halogens is 1. The van der Waals surface area contributed by atoms with Crippen molar-refractivity contribution < 1.29 is 13.9 Å². The number of hydrogen-bond acceptors (Lipinski definition) is 4. The molecule has 0 saturated carbocycles. The van der Waals surface area contributed by atoms with Gasteiger partial charge in [-0.2, -0.15) is 0 Å². The normalized spacial score (nSPS) is 10.8. The van der Waals surface area contributed by atoms with Crippen LogP contribution in [-0.4, -0.2) is 12.5 Å². The van der Waals surface area contributed by atoms with E-state index in [-0.39, 0.29) is 17.9 Å². The molecule has 1 heterocycles. The van der Waals surface area contributed by atoms with Crippen LogP contribution in [0.25, 0.3) is 22.1 Å². The molecule has 5 nitrogen and oxygen atoms in total. The molecule has 0 aliphatic rings. The summed E-state index contributed by atoms with van der Waals surface area (Å²) in [6.45, 7) is 3.56. The fourth-order valence-electron chi connectivity index (χ4n) is 3.31.